The monoisotopic (exact) mass is 302 g/mol. The molecule has 0 aliphatic heterocycles. The molecule has 1 aliphatic rings. The number of alkyl halides is 3. The van der Waals surface area contributed by atoms with Gasteiger partial charge < -0.3 is 10.5 Å². The molecule has 0 radical (unpaired) electrons. The van der Waals surface area contributed by atoms with Gasteiger partial charge in [-0.1, -0.05) is 12.8 Å². The lowest BCUT2D eigenvalue weighted by molar-refractivity contribution is -0.141. The molecule has 2 rings (SSSR count). The second kappa shape index (κ2) is 6.32. The van der Waals surface area contributed by atoms with Gasteiger partial charge in [-0.2, -0.15) is 13.2 Å². The molecular weight excluding hydrogens is 285 g/mol. The molecule has 2 N–H and O–H groups in total. The molecule has 0 unspecified atom stereocenters. The summed E-state index contributed by atoms with van der Waals surface area (Å²) in [6.45, 7) is 0. The molecule has 7 heteroatoms. The van der Waals surface area contributed by atoms with E-state index in [4.69, 9.17) is 10.5 Å². The first kappa shape index (κ1) is 15.6. The summed E-state index contributed by atoms with van der Waals surface area (Å²) >= 11 is 0. The Balaban J connectivity index is 2.27. The number of carbonyl (C=O) groups excluding carboxylic acids is 1. The molecule has 1 fully saturated rings. The summed E-state index contributed by atoms with van der Waals surface area (Å²) in [5.41, 5.74) is 3.96. The predicted molar refractivity (Wildman–Crippen MR) is 69.9 cm³/mol. The number of amides is 1. The lowest BCUT2D eigenvalue weighted by Crippen LogP contribution is -2.21. The standard InChI is InChI=1S/C14H17F3N2O2/c15-14(16,17)11-8-7-10(12(18)20)13(19-11)21-9-5-3-1-2-4-6-9/h7-9H,1-6H2,(H2,18,20). The number of carbonyl (C=O) groups is 1. The summed E-state index contributed by atoms with van der Waals surface area (Å²) in [6, 6.07) is 1.75. The van der Waals surface area contributed by atoms with E-state index < -0.39 is 17.8 Å². The first-order valence-corrected chi connectivity index (χ1v) is 6.92. The van der Waals surface area contributed by atoms with Crippen LogP contribution in [0.15, 0.2) is 12.1 Å². The van der Waals surface area contributed by atoms with E-state index in [2.05, 4.69) is 4.98 Å². The Labute approximate surface area is 120 Å². The van der Waals surface area contributed by atoms with Crippen LogP contribution in [-0.4, -0.2) is 17.0 Å². The summed E-state index contributed by atoms with van der Waals surface area (Å²) in [6.07, 6.45) is 0.758. The predicted octanol–water partition coefficient (Wildman–Crippen LogP) is 3.30. The first-order chi connectivity index (χ1) is 9.88. The van der Waals surface area contributed by atoms with Crippen LogP contribution in [0.25, 0.3) is 0 Å². The van der Waals surface area contributed by atoms with Crippen LogP contribution in [0.5, 0.6) is 5.88 Å². The molecule has 0 spiro atoms. The van der Waals surface area contributed by atoms with Crippen LogP contribution in [0.2, 0.25) is 0 Å². The summed E-state index contributed by atoms with van der Waals surface area (Å²) in [5.74, 6) is -1.16. The van der Waals surface area contributed by atoms with Crippen molar-refractivity contribution in [1.29, 1.82) is 0 Å². The van der Waals surface area contributed by atoms with Crippen molar-refractivity contribution >= 4 is 5.91 Å². The van der Waals surface area contributed by atoms with Crippen LogP contribution in [0, 0.1) is 0 Å². The van der Waals surface area contributed by atoms with Gasteiger partial charge in [-0.05, 0) is 37.8 Å². The minimum absolute atomic E-state index is 0.118. The molecule has 0 bridgehead atoms. The lowest BCUT2D eigenvalue weighted by atomic mass is 10.1. The van der Waals surface area contributed by atoms with E-state index >= 15 is 0 Å². The molecule has 0 saturated heterocycles. The molecular formula is C14H17F3N2O2. The highest BCUT2D eigenvalue weighted by Gasteiger charge is 2.34. The lowest BCUT2D eigenvalue weighted by Gasteiger charge is -2.18. The topological polar surface area (TPSA) is 65.2 Å². The van der Waals surface area contributed by atoms with Crippen molar-refractivity contribution in [2.75, 3.05) is 0 Å². The maximum Gasteiger partial charge on any atom is 0.433 e. The first-order valence-electron chi connectivity index (χ1n) is 6.92. The Morgan fingerprint density at radius 1 is 1.19 bits per heavy atom. The third kappa shape index (κ3) is 4.09. The van der Waals surface area contributed by atoms with Crippen molar-refractivity contribution in [1.82, 2.24) is 4.98 Å². The van der Waals surface area contributed by atoms with E-state index in [1.165, 1.54) is 0 Å². The smallest absolute Gasteiger partial charge is 0.433 e. The molecule has 1 heterocycles. The van der Waals surface area contributed by atoms with Gasteiger partial charge in [0.2, 0.25) is 5.88 Å². The molecule has 1 aromatic rings. The molecule has 21 heavy (non-hydrogen) atoms. The number of hydrogen-bond acceptors (Lipinski definition) is 3. The van der Waals surface area contributed by atoms with E-state index in [0.717, 1.165) is 50.7 Å². The minimum Gasteiger partial charge on any atom is -0.474 e. The van der Waals surface area contributed by atoms with Crippen molar-refractivity contribution in [3.05, 3.63) is 23.4 Å². The summed E-state index contributed by atoms with van der Waals surface area (Å²) in [5, 5.41) is 0. The highest BCUT2D eigenvalue weighted by atomic mass is 19.4. The Bertz CT molecular complexity index is 509. The SMILES string of the molecule is NC(=O)c1ccc(C(F)(F)F)nc1OC1CCCCCC1. The fourth-order valence-corrected chi connectivity index (χ4v) is 2.39. The van der Waals surface area contributed by atoms with Crippen LogP contribution < -0.4 is 10.5 Å². The quantitative estimate of drug-likeness (QED) is 0.871. The third-order valence-electron chi connectivity index (χ3n) is 3.50. The Hall–Kier alpha value is -1.79. The van der Waals surface area contributed by atoms with Gasteiger partial charge in [-0.25, -0.2) is 4.98 Å². The third-order valence-corrected chi connectivity index (χ3v) is 3.50. The number of primary amides is 1. The van der Waals surface area contributed by atoms with Crippen LogP contribution in [0.3, 0.4) is 0 Å². The summed E-state index contributed by atoms with van der Waals surface area (Å²) in [7, 11) is 0. The van der Waals surface area contributed by atoms with E-state index in [9.17, 15) is 18.0 Å². The largest absolute Gasteiger partial charge is 0.474 e. The van der Waals surface area contributed by atoms with Gasteiger partial charge >= 0.3 is 6.18 Å². The second-order valence-corrected chi connectivity index (χ2v) is 5.14. The normalized spacial score (nSPS) is 17.3. The number of halogens is 3. The van der Waals surface area contributed by atoms with Crippen LogP contribution in [-0.2, 0) is 6.18 Å². The number of pyridine rings is 1. The summed E-state index contributed by atoms with van der Waals surface area (Å²) in [4.78, 5) is 14.8. The van der Waals surface area contributed by atoms with Crippen molar-refractivity contribution in [3.8, 4) is 5.88 Å². The van der Waals surface area contributed by atoms with E-state index in [1.807, 2.05) is 0 Å². The van der Waals surface area contributed by atoms with Gasteiger partial charge in [-0.15, -0.1) is 0 Å². The maximum absolute atomic E-state index is 12.7. The molecule has 1 saturated carbocycles. The van der Waals surface area contributed by atoms with Crippen molar-refractivity contribution < 1.29 is 22.7 Å². The number of ether oxygens (including phenoxy) is 1. The molecule has 0 aromatic carbocycles. The maximum atomic E-state index is 12.7. The van der Waals surface area contributed by atoms with E-state index in [1.54, 1.807) is 0 Å². The zero-order valence-corrected chi connectivity index (χ0v) is 11.4. The Morgan fingerprint density at radius 3 is 2.33 bits per heavy atom. The van der Waals surface area contributed by atoms with Crippen molar-refractivity contribution in [2.24, 2.45) is 5.73 Å². The van der Waals surface area contributed by atoms with Crippen molar-refractivity contribution in [3.63, 3.8) is 0 Å². The summed E-state index contributed by atoms with van der Waals surface area (Å²) < 4.78 is 43.7. The number of rotatable bonds is 3. The van der Waals surface area contributed by atoms with Gasteiger partial charge in [0.1, 0.15) is 17.4 Å². The average Bonchev–Trinajstić information content (AvgIpc) is 2.66. The fourth-order valence-electron chi connectivity index (χ4n) is 2.39. The van der Waals surface area contributed by atoms with Gasteiger partial charge in [0, 0.05) is 0 Å². The van der Waals surface area contributed by atoms with Crippen LogP contribution in [0.4, 0.5) is 13.2 Å². The number of nitrogens with two attached hydrogens (primary N) is 1. The molecule has 1 aromatic heterocycles. The average molecular weight is 302 g/mol. The van der Waals surface area contributed by atoms with E-state index in [-0.39, 0.29) is 17.5 Å². The highest BCUT2D eigenvalue weighted by Crippen LogP contribution is 2.31. The second-order valence-electron chi connectivity index (χ2n) is 5.14. The zero-order chi connectivity index (χ0) is 15.5. The Morgan fingerprint density at radius 2 is 1.81 bits per heavy atom. The van der Waals surface area contributed by atoms with Gasteiger partial charge in [0.05, 0.1) is 0 Å². The molecule has 0 atom stereocenters. The minimum atomic E-state index is -4.59. The van der Waals surface area contributed by atoms with Gasteiger partial charge in [0.25, 0.3) is 5.91 Å². The number of hydrogen-bond donors (Lipinski definition) is 1. The Kier molecular flexibility index (Phi) is 4.69. The molecule has 1 amide bonds. The highest BCUT2D eigenvalue weighted by molar-refractivity contribution is 5.95. The van der Waals surface area contributed by atoms with Gasteiger partial charge in [-0.3, -0.25) is 4.79 Å². The van der Waals surface area contributed by atoms with Crippen LogP contribution in [0.1, 0.15) is 54.6 Å². The van der Waals surface area contributed by atoms with Crippen LogP contribution >= 0.6 is 0 Å². The zero-order valence-electron chi connectivity index (χ0n) is 11.4. The molecule has 1 aliphatic carbocycles. The number of aromatic nitrogens is 1. The molecule has 4 nitrogen and oxygen atoms in total. The van der Waals surface area contributed by atoms with Crippen molar-refractivity contribution in [2.45, 2.75) is 50.8 Å². The fraction of sp³-hybridized carbons (Fsp3) is 0.571. The van der Waals surface area contributed by atoms with E-state index in [0.29, 0.717) is 0 Å². The van der Waals surface area contributed by atoms with Gasteiger partial charge in [0.15, 0.2) is 0 Å². The molecule has 116 valence electrons. The number of nitrogens with zero attached hydrogens (tertiary/aromatic N) is 1.